The van der Waals surface area contributed by atoms with E-state index >= 15 is 0 Å². The first-order chi connectivity index (χ1) is 11.2. The van der Waals surface area contributed by atoms with Crippen LogP contribution >= 0.6 is 0 Å². The second-order valence-electron chi connectivity index (χ2n) is 5.75. The van der Waals surface area contributed by atoms with E-state index in [2.05, 4.69) is 20.1 Å². The predicted octanol–water partition coefficient (Wildman–Crippen LogP) is 4.23. The molecule has 1 saturated carbocycles. The van der Waals surface area contributed by atoms with Crippen LogP contribution in [0.4, 0.5) is 22.0 Å². The molecule has 2 heterocycles. The molecule has 5 nitrogen and oxygen atoms in total. The van der Waals surface area contributed by atoms with Crippen LogP contribution in [0.1, 0.15) is 49.5 Å². The maximum Gasteiger partial charge on any atom is 0.434 e. The molecule has 1 aliphatic rings. The summed E-state index contributed by atoms with van der Waals surface area (Å²) in [5.41, 5.74) is -1.44. The van der Waals surface area contributed by atoms with E-state index in [4.69, 9.17) is 4.52 Å². The molecule has 2 aromatic heterocycles. The van der Waals surface area contributed by atoms with Gasteiger partial charge in [0.05, 0.1) is 12.4 Å². The van der Waals surface area contributed by atoms with Gasteiger partial charge in [0.25, 0.3) is 5.89 Å². The largest absolute Gasteiger partial charge is 0.434 e. The maximum atomic E-state index is 13.7. The van der Waals surface area contributed by atoms with Gasteiger partial charge in [-0.15, -0.1) is 0 Å². The van der Waals surface area contributed by atoms with Crippen LogP contribution in [0.5, 0.6) is 0 Å². The standard InChI is InChI=1S/C14H13F5N4O/c15-13(16)4-2-1-3-8(5-13)11-22-12(24-23-11)9-6-20-7-10(21-9)14(17,18)19/h6-8H,1-5H2. The van der Waals surface area contributed by atoms with Gasteiger partial charge >= 0.3 is 6.18 Å². The lowest BCUT2D eigenvalue weighted by atomic mass is 9.98. The molecule has 24 heavy (non-hydrogen) atoms. The fourth-order valence-corrected chi connectivity index (χ4v) is 2.67. The molecule has 0 aromatic carbocycles. The average Bonchev–Trinajstić information content (AvgIpc) is 2.92. The lowest BCUT2D eigenvalue weighted by Gasteiger charge is -2.16. The normalized spacial score (nSPS) is 21.5. The molecule has 0 amide bonds. The number of hydrogen-bond acceptors (Lipinski definition) is 5. The van der Waals surface area contributed by atoms with E-state index in [9.17, 15) is 22.0 Å². The van der Waals surface area contributed by atoms with Crippen molar-refractivity contribution in [2.24, 2.45) is 0 Å². The highest BCUT2D eigenvalue weighted by molar-refractivity contribution is 5.44. The Morgan fingerprint density at radius 1 is 1.12 bits per heavy atom. The summed E-state index contributed by atoms with van der Waals surface area (Å²) < 4.78 is 70.2. The van der Waals surface area contributed by atoms with Crippen LogP contribution < -0.4 is 0 Å². The Hall–Kier alpha value is -2.13. The first-order valence-corrected chi connectivity index (χ1v) is 7.36. The molecule has 10 heteroatoms. The molecule has 0 aliphatic heterocycles. The topological polar surface area (TPSA) is 64.7 Å². The van der Waals surface area contributed by atoms with Crippen molar-refractivity contribution in [1.29, 1.82) is 0 Å². The average molecular weight is 348 g/mol. The SMILES string of the molecule is FC1(F)CCCCC(c2noc(-c3cncc(C(F)(F)F)n3)n2)C1. The molecule has 1 unspecified atom stereocenters. The van der Waals surface area contributed by atoms with E-state index in [1.165, 1.54) is 0 Å². The van der Waals surface area contributed by atoms with Crippen LogP contribution in [0.3, 0.4) is 0 Å². The summed E-state index contributed by atoms with van der Waals surface area (Å²) in [5, 5.41) is 3.65. The van der Waals surface area contributed by atoms with E-state index in [1.807, 2.05) is 0 Å². The number of aromatic nitrogens is 4. The lowest BCUT2D eigenvalue weighted by molar-refractivity contribution is -0.141. The number of halogens is 5. The molecular weight excluding hydrogens is 335 g/mol. The smallest absolute Gasteiger partial charge is 0.332 e. The van der Waals surface area contributed by atoms with Gasteiger partial charge in [-0.25, -0.2) is 13.8 Å². The van der Waals surface area contributed by atoms with E-state index in [0.717, 1.165) is 6.20 Å². The molecule has 2 aromatic rings. The zero-order valence-electron chi connectivity index (χ0n) is 12.4. The predicted molar refractivity (Wildman–Crippen MR) is 71.1 cm³/mol. The fraction of sp³-hybridized carbons (Fsp3) is 0.571. The summed E-state index contributed by atoms with van der Waals surface area (Å²) in [6.07, 6.45) is -2.13. The highest BCUT2D eigenvalue weighted by Gasteiger charge is 2.37. The molecule has 0 radical (unpaired) electrons. The lowest BCUT2D eigenvalue weighted by Crippen LogP contribution is -2.18. The number of alkyl halides is 5. The first-order valence-electron chi connectivity index (χ1n) is 7.36. The van der Waals surface area contributed by atoms with Crippen molar-refractivity contribution in [1.82, 2.24) is 20.1 Å². The fourth-order valence-electron chi connectivity index (χ4n) is 2.67. The molecule has 1 fully saturated rings. The van der Waals surface area contributed by atoms with Gasteiger partial charge in [0, 0.05) is 18.8 Å². The molecule has 1 aliphatic carbocycles. The summed E-state index contributed by atoms with van der Waals surface area (Å²) >= 11 is 0. The Bertz CT molecular complexity index is 715. The molecule has 0 bridgehead atoms. The van der Waals surface area contributed by atoms with Crippen molar-refractivity contribution < 1.29 is 26.5 Å². The third-order valence-electron chi connectivity index (χ3n) is 3.84. The van der Waals surface area contributed by atoms with Gasteiger partial charge < -0.3 is 4.52 Å². The molecule has 0 spiro atoms. The van der Waals surface area contributed by atoms with Gasteiger partial charge in [0.1, 0.15) is 5.69 Å². The number of hydrogen-bond donors (Lipinski definition) is 0. The van der Waals surface area contributed by atoms with Crippen LogP contribution in [-0.4, -0.2) is 26.0 Å². The Labute approximate surface area is 133 Å². The molecule has 0 saturated heterocycles. The minimum atomic E-state index is -4.66. The minimum absolute atomic E-state index is 0.0609. The molecular formula is C14H13F5N4O. The third-order valence-corrected chi connectivity index (χ3v) is 3.84. The van der Waals surface area contributed by atoms with E-state index in [1.54, 1.807) is 0 Å². The summed E-state index contributed by atoms with van der Waals surface area (Å²) in [6, 6.07) is 0. The van der Waals surface area contributed by atoms with Gasteiger partial charge in [-0.05, 0) is 12.8 Å². The Morgan fingerprint density at radius 2 is 1.92 bits per heavy atom. The van der Waals surface area contributed by atoms with Crippen molar-refractivity contribution >= 4 is 0 Å². The van der Waals surface area contributed by atoms with Gasteiger partial charge in [-0.3, -0.25) is 4.98 Å². The third kappa shape index (κ3) is 3.68. The summed E-state index contributed by atoms with van der Waals surface area (Å²) in [7, 11) is 0. The second-order valence-corrected chi connectivity index (χ2v) is 5.75. The zero-order valence-corrected chi connectivity index (χ0v) is 12.4. The van der Waals surface area contributed by atoms with Gasteiger partial charge in [0.2, 0.25) is 5.92 Å². The molecule has 130 valence electrons. The van der Waals surface area contributed by atoms with E-state index in [0.29, 0.717) is 25.5 Å². The first kappa shape index (κ1) is 16.7. The second kappa shape index (κ2) is 6.06. The van der Waals surface area contributed by atoms with Crippen LogP contribution in [0, 0.1) is 0 Å². The molecule has 0 N–H and O–H groups in total. The van der Waals surface area contributed by atoms with Crippen LogP contribution in [0.2, 0.25) is 0 Å². The van der Waals surface area contributed by atoms with Crippen molar-refractivity contribution in [3.05, 3.63) is 23.9 Å². The summed E-state index contributed by atoms with van der Waals surface area (Å²) in [5.74, 6) is -3.61. The minimum Gasteiger partial charge on any atom is -0.332 e. The van der Waals surface area contributed by atoms with Gasteiger partial charge in [0.15, 0.2) is 11.5 Å². The van der Waals surface area contributed by atoms with Crippen LogP contribution in [-0.2, 0) is 6.18 Å². The zero-order chi connectivity index (χ0) is 17.4. The quantitative estimate of drug-likeness (QED) is 0.600. The van der Waals surface area contributed by atoms with Crippen molar-refractivity contribution in [2.75, 3.05) is 0 Å². The number of rotatable bonds is 2. The van der Waals surface area contributed by atoms with E-state index < -0.39 is 30.1 Å². The van der Waals surface area contributed by atoms with Gasteiger partial charge in [-0.2, -0.15) is 18.2 Å². The Morgan fingerprint density at radius 3 is 2.67 bits per heavy atom. The summed E-state index contributed by atoms with van der Waals surface area (Å²) in [6.45, 7) is 0. The van der Waals surface area contributed by atoms with Crippen molar-refractivity contribution in [3.8, 4) is 11.6 Å². The Balaban J connectivity index is 1.85. The van der Waals surface area contributed by atoms with E-state index in [-0.39, 0.29) is 23.8 Å². The maximum absolute atomic E-state index is 13.7. The van der Waals surface area contributed by atoms with Crippen molar-refractivity contribution in [3.63, 3.8) is 0 Å². The van der Waals surface area contributed by atoms with Crippen LogP contribution in [0.15, 0.2) is 16.9 Å². The van der Waals surface area contributed by atoms with Crippen molar-refractivity contribution in [2.45, 2.75) is 50.1 Å². The summed E-state index contributed by atoms with van der Waals surface area (Å²) in [4.78, 5) is 10.8. The Kier molecular flexibility index (Phi) is 4.22. The molecule has 3 rings (SSSR count). The van der Waals surface area contributed by atoms with Gasteiger partial charge in [-0.1, -0.05) is 11.6 Å². The monoisotopic (exact) mass is 348 g/mol. The van der Waals surface area contributed by atoms with Crippen LogP contribution in [0.25, 0.3) is 11.6 Å². The number of nitrogens with zero attached hydrogens (tertiary/aromatic N) is 4. The molecule has 1 atom stereocenters. The highest BCUT2D eigenvalue weighted by Crippen LogP contribution is 2.39. The highest BCUT2D eigenvalue weighted by atomic mass is 19.4.